The van der Waals surface area contributed by atoms with Crippen molar-refractivity contribution in [2.75, 3.05) is 0 Å². The van der Waals surface area contributed by atoms with Crippen molar-refractivity contribution in [3.8, 4) is 0 Å². The van der Waals surface area contributed by atoms with E-state index in [1.165, 1.54) is 0 Å². The average Bonchev–Trinajstić information content (AvgIpc) is 2.55. The highest BCUT2D eigenvalue weighted by molar-refractivity contribution is 5.88. The van der Waals surface area contributed by atoms with Crippen LogP contribution in [0.2, 0.25) is 0 Å². The monoisotopic (exact) mass is 319 g/mol. The van der Waals surface area contributed by atoms with Crippen LogP contribution in [0.25, 0.3) is 0 Å². The fraction of sp³-hybridized carbons (Fsp3) is 0.471. The molecule has 3 N–H and O–H groups in total. The first-order valence-corrected chi connectivity index (χ1v) is 7.79. The number of benzene rings is 1. The maximum absolute atomic E-state index is 12.4. The van der Waals surface area contributed by atoms with E-state index in [1.54, 1.807) is 24.3 Å². The Hall–Kier alpha value is -2.37. The average molecular weight is 319 g/mol. The van der Waals surface area contributed by atoms with Crippen molar-refractivity contribution < 1.29 is 24.6 Å². The summed E-state index contributed by atoms with van der Waals surface area (Å²) in [7, 11) is 0. The van der Waals surface area contributed by atoms with Crippen LogP contribution >= 0.6 is 0 Å². The third kappa shape index (κ3) is 4.55. The summed E-state index contributed by atoms with van der Waals surface area (Å²) >= 11 is 0. The summed E-state index contributed by atoms with van der Waals surface area (Å²) in [5.41, 5.74) is 0.804. The Balaban J connectivity index is 2.05. The molecule has 1 fully saturated rings. The standard InChI is InChI=1S/C17H21NO5/c19-15(12-8-4-5-9-13(12)16(20)21)18-14(17(22)23)10-11-6-2-1-3-7-11/h1-3,6-7,12-14H,4-5,8-10H2,(H,18,19)(H,20,21)(H,22,23)/t12-,13-,14+/m1/s1. The number of carboxylic acid groups (broad SMARTS) is 2. The van der Waals surface area contributed by atoms with Crippen LogP contribution in [0.15, 0.2) is 30.3 Å². The van der Waals surface area contributed by atoms with Gasteiger partial charge in [-0.05, 0) is 18.4 Å². The van der Waals surface area contributed by atoms with Crippen molar-refractivity contribution in [1.29, 1.82) is 0 Å². The van der Waals surface area contributed by atoms with E-state index in [2.05, 4.69) is 5.32 Å². The third-order valence-corrected chi connectivity index (χ3v) is 4.32. The smallest absolute Gasteiger partial charge is 0.326 e. The van der Waals surface area contributed by atoms with Gasteiger partial charge in [-0.1, -0.05) is 43.2 Å². The van der Waals surface area contributed by atoms with Gasteiger partial charge in [-0.15, -0.1) is 0 Å². The van der Waals surface area contributed by atoms with Gasteiger partial charge < -0.3 is 15.5 Å². The predicted molar refractivity (Wildman–Crippen MR) is 82.8 cm³/mol. The molecule has 23 heavy (non-hydrogen) atoms. The van der Waals surface area contributed by atoms with Crippen LogP contribution < -0.4 is 5.32 Å². The number of carbonyl (C=O) groups excluding carboxylic acids is 1. The molecule has 2 rings (SSSR count). The van der Waals surface area contributed by atoms with Crippen LogP contribution in [0.5, 0.6) is 0 Å². The molecule has 0 heterocycles. The highest BCUT2D eigenvalue weighted by Gasteiger charge is 2.37. The van der Waals surface area contributed by atoms with Crippen molar-refractivity contribution in [3.05, 3.63) is 35.9 Å². The predicted octanol–water partition coefficient (Wildman–Crippen LogP) is 1.69. The van der Waals surface area contributed by atoms with Crippen LogP contribution in [-0.4, -0.2) is 34.1 Å². The van der Waals surface area contributed by atoms with Gasteiger partial charge in [0.2, 0.25) is 5.91 Å². The molecular weight excluding hydrogens is 298 g/mol. The Morgan fingerprint density at radius 2 is 1.65 bits per heavy atom. The summed E-state index contributed by atoms with van der Waals surface area (Å²) in [6, 6.07) is 7.97. The van der Waals surface area contributed by atoms with Crippen molar-refractivity contribution in [1.82, 2.24) is 5.32 Å². The van der Waals surface area contributed by atoms with E-state index in [4.69, 9.17) is 0 Å². The second kappa shape index (κ2) is 7.76. The molecule has 1 amide bonds. The van der Waals surface area contributed by atoms with Gasteiger partial charge in [0.05, 0.1) is 11.8 Å². The van der Waals surface area contributed by atoms with Crippen molar-refractivity contribution in [3.63, 3.8) is 0 Å². The SMILES string of the molecule is O=C(O)[C@H](Cc1ccccc1)NC(=O)[C@@H]1CCCC[C@H]1C(=O)O. The topological polar surface area (TPSA) is 104 Å². The molecule has 0 bridgehead atoms. The number of aliphatic carboxylic acids is 2. The Morgan fingerprint density at radius 3 is 2.22 bits per heavy atom. The molecule has 0 radical (unpaired) electrons. The molecular formula is C17H21NO5. The highest BCUT2D eigenvalue weighted by atomic mass is 16.4. The fourth-order valence-electron chi connectivity index (χ4n) is 3.07. The summed E-state index contributed by atoms with van der Waals surface area (Å²) in [6.45, 7) is 0. The number of rotatable bonds is 6. The lowest BCUT2D eigenvalue weighted by molar-refractivity contribution is -0.149. The summed E-state index contributed by atoms with van der Waals surface area (Å²) in [6.07, 6.45) is 2.70. The number of hydrogen-bond donors (Lipinski definition) is 3. The first kappa shape index (κ1) is 17.0. The lowest BCUT2D eigenvalue weighted by atomic mass is 9.78. The molecule has 0 saturated heterocycles. The van der Waals surface area contributed by atoms with Crippen LogP contribution in [0.1, 0.15) is 31.2 Å². The van der Waals surface area contributed by atoms with E-state index in [0.717, 1.165) is 18.4 Å². The van der Waals surface area contributed by atoms with E-state index >= 15 is 0 Å². The van der Waals surface area contributed by atoms with E-state index in [0.29, 0.717) is 12.8 Å². The Labute approximate surface area is 134 Å². The van der Waals surface area contributed by atoms with Crippen molar-refractivity contribution in [2.24, 2.45) is 11.8 Å². The molecule has 1 saturated carbocycles. The number of carbonyl (C=O) groups is 3. The molecule has 3 atom stereocenters. The van der Waals surface area contributed by atoms with Gasteiger partial charge in [-0.3, -0.25) is 9.59 Å². The maximum atomic E-state index is 12.4. The molecule has 0 aliphatic heterocycles. The Morgan fingerprint density at radius 1 is 1.04 bits per heavy atom. The van der Waals surface area contributed by atoms with Gasteiger partial charge in [0.15, 0.2) is 0 Å². The van der Waals surface area contributed by atoms with Crippen molar-refractivity contribution in [2.45, 2.75) is 38.1 Å². The van der Waals surface area contributed by atoms with E-state index in [9.17, 15) is 24.6 Å². The summed E-state index contributed by atoms with van der Waals surface area (Å²) in [5.74, 6) is -3.96. The quantitative estimate of drug-likeness (QED) is 0.740. The Bertz CT molecular complexity index is 572. The molecule has 0 aromatic heterocycles. The molecule has 0 spiro atoms. The van der Waals surface area contributed by atoms with Gasteiger partial charge in [0.1, 0.15) is 6.04 Å². The first-order chi connectivity index (χ1) is 11.0. The first-order valence-electron chi connectivity index (χ1n) is 7.79. The lowest BCUT2D eigenvalue weighted by Crippen LogP contribution is -2.48. The van der Waals surface area contributed by atoms with Crippen LogP contribution in [0.4, 0.5) is 0 Å². The Kier molecular flexibility index (Phi) is 5.73. The fourth-order valence-corrected chi connectivity index (χ4v) is 3.07. The van der Waals surface area contributed by atoms with Gasteiger partial charge in [-0.25, -0.2) is 4.79 Å². The number of amides is 1. The van der Waals surface area contributed by atoms with Gasteiger partial charge in [0, 0.05) is 6.42 Å². The van der Waals surface area contributed by atoms with Gasteiger partial charge in [0.25, 0.3) is 0 Å². The molecule has 6 nitrogen and oxygen atoms in total. The van der Waals surface area contributed by atoms with Crippen molar-refractivity contribution >= 4 is 17.8 Å². The largest absolute Gasteiger partial charge is 0.481 e. The summed E-state index contributed by atoms with van der Waals surface area (Å²) < 4.78 is 0. The van der Waals surface area contributed by atoms with Crippen LogP contribution in [-0.2, 0) is 20.8 Å². The zero-order chi connectivity index (χ0) is 16.8. The molecule has 1 aliphatic rings. The molecule has 1 aliphatic carbocycles. The lowest BCUT2D eigenvalue weighted by Gasteiger charge is -2.28. The molecule has 6 heteroatoms. The zero-order valence-corrected chi connectivity index (χ0v) is 12.8. The number of hydrogen-bond acceptors (Lipinski definition) is 3. The van der Waals surface area contributed by atoms with E-state index in [1.807, 2.05) is 6.07 Å². The summed E-state index contributed by atoms with van der Waals surface area (Å²) in [4.78, 5) is 35.1. The highest BCUT2D eigenvalue weighted by Crippen LogP contribution is 2.30. The molecule has 0 unspecified atom stereocenters. The van der Waals surface area contributed by atoms with E-state index in [-0.39, 0.29) is 6.42 Å². The van der Waals surface area contributed by atoms with Crippen LogP contribution in [0, 0.1) is 11.8 Å². The second-order valence-electron chi connectivity index (χ2n) is 5.92. The van der Waals surface area contributed by atoms with Gasteiger partial charge in [-0.2, -0.15) is 0 Å². The molecule has 124 valence electrons. The van der Waals surface area contributed by atoms with Crippen LogP contribution in [0.3, 0.4) is 0 Å². The minimum atomic E-state index is -1.12. The summed E-state index contributed by atoms with van der Waals surface area (Å²) in [5, 5.41) is 21.1. The van der Waals surface area contributed by atoms with Gasteiger partial charge >= 0.3 is 11.9 Å². The van der Waals surface area contributed by atoms with E-state index < -0.39 is 35.7 Å². The number of nitrogens with one attached hydrogen (secondary N) is 1. The molecule has 1 aromatic rings. The maximum Gasteiger partial charge on any atom is 0.326 e. The molecule has 1 aromatic carbocycles. The minimum absolute atomic E-state index is 0.173. The minimum Gasteiger partial charge on any atom is -0.481 e. The normalized spacial score (nSPS) is 22.1. The zero-order valence-electron chi connectivity index (χ0n) is 12.8. The third-order valence-electron chi connectivity index (χ3n) is 4.32. The second-order valence-corrected chi connectivity index (χ2v) is 5.92. The number of carboxylic acids is 2.